The van der Waals surface area contributed by atoms with E-state index in [9.17, 15) is 4.79 Å². The molecule has 1 aromatic rings. The SMILES string of the molecule is CN(Cc1ccccc1)[C@H]1CCC2(C[C@@H]1NC(=O)OC(C)(C)C)OCCO2. The first-order valence-electron chi connectivity index (χ1n) is 9.78. The van der Waals surface area contributed by atoms with Crippen molar-refractivity contribution >= 4 is 6.09 Å². The highest BCUT2D eigenvalue weighted by Gasteiger charge is 2.46. The number of likely N-dealkylation sites (N-methyl/N-ethyl adjacent to an activating group) is 1. The maximum Gasteiger partial charge on any atom is 0.407 e. The molecule has 3 rings (SSSR count). The zero-order valence-corrected chi connectivity index (χ0v) is 16.9. The topological polar surface area (TPSA) is 60.0 Å². The largest absolute Gasteiger partial charge is 0.444 e. The quantitative estimate of drug-likeness (QED) is 0.874. The van der Waals surface area contributed by atoms with Crippen LogP contribution in [0.25, 0.3) is 0 Å². The molecule has 2 fully saturated rings. The minimum absolute atomic E-state index is 0.0968. The summed E-state index contributed by atoms with van der Waals surface area (Å²) in [4.78, 5) is 14.7. The summed E-state index contributed by atoms with van der Waals surface area (Å²) in [6, 6.07) is 10.5. The Hall–Kier alpha value is -1.63. The molecule has 0 bridgehead atoms. The summed E-state index contributed by atoms with van der Waals surface area (Å²) in [5.74, 6) is -0.566. The minimum atomic E-state index is -0.566. The Morgan fingerprint density at radius 3 is 2.56 bits per heavy atom. The first kappa shape index (κ1) is 20.1. The summed E-state index contributed by atoms with van der Waals surface area (Å²) >= 11 is 0. The standard InChI is InChI=1S/C21H32N2O4/c1-20(2,3)27-19(24)22-17-14-21(25-12-13-26-21)11-10-18(17)23(4)15-16-8-6-5-7-9-16/h5-9,17-18H,10-15H2,1-4H3,(H,22,24)/t17-,18-/m0/s1. The molecule has 1 N–H and O–H groups in total. The van der Waals surface area contributed by atoms with Crippen molar-refractivity contribution in [3.05, 3.63) is 35.9 Å². The number of ether oxygens (including phenoxy) is 3. The number of benzene rings is 1. The second kappa shape index (κ2) is 8.17. The Morgan fingerprint density at radius 2 is 1.93 bits per heavy atom. The van der Waals surface area contributed by atoms with Crippen molar-refractivity contribution in [2.45, 2.75) is 70.1 Å². The average molecular weight is 376 g/mol. The molecule has 27 heavy (non-hydrogen) atoms. The van der Waals surface area contributed by atoms with Crippen LogP contribution in [0.4, 0.5) is 4.79 Å². The molecule has 2 atom stereocenters. The van der Waals surface area contributed by atoms with E-state index in [-0.39, 0.29) is 18.2 Å². The Kier molecular flexibility index (Phi) is 6.08. The van der Waals surface area contributed by atoms with Crippen LogP contribution < -0.4 is 5.32 Å². The summed E-state index contributed by atoms with van der Waals surface area (Å²) in [5.41, 5.74) is 0.729. The van der Waals surface area contributed by atoms with Gasteiger partial charge in [0.2, 0.25) is 0 Å². The van der Waals surface area contributed by atoms with Crippen LogP contribution in [0.2, 0.25) is 0 Å². The average Bonchev–Trinajstić information content (AvgIpc) is 3.02. The van der Waals surface area contributed by atoms with Crippen molar-refractivity contribution in [1.29, 1.82) is 0 Å². The fourth-order valence-electron chi connectivity index (χ4n) is 4.02. The van der Waals surface area contributed by atoms with Crippen molar-refractivity contribution in [2.24, 2.45) is 0 Å². The van der Waals surface area contributed by atoms with Gasteiger partial charge in [-0.3, -0.25) is 4.90 Å². The zero-order valence-electron chi connectivity index (χ0n) is 16.9. The Balaban J connectivity index is 1.70. The van der Waals surface area contributed by atoms with Gasteiger partial charge in [-0.1, -0.05) is 30.3 Å². The molecule has 1 saturated carbocycles. The van der Waals surface area contributed by atoms with E-state index in [1.54, 1.807) is 0 Å². The van der Waals surface area contributed by atoms with Gasteiger partial charge in [0.15, 0.2) is 5.79 Å². The molecular weight excluding hydrogens is 344 g/mol. The zero-order chi connectivity index (χ0) is 19.5. The van der Waals surface area contributed by atoms with Crippen molar-refractivity contribution < 1.29 is 19.0 Å². The number of rotatable bonds is 4. The van der Waals surface area contributed by atoms with Gasteiger partial charge in [0, 0.05) is 25.4 Å². The molecule has 1 saturated heterocycles. The van der Waals surface area contributed by atoms with Gasteiger partial charge < -0.3 is 19.5 Å². The Morgan fingerprint density at radius 1 is 1.26 bits per heavy atom. The summed E-state index contributed by atoms with van der Waals surface area (Å²) < 4.78 is 17.3. The number of hydrogen-bond donors (Lipinski definition) is 1. The number of carbonyl (C=O) groups excluding carboxylic acids is 1. The summed E-state index contributed by atoms with van der Waals surface area (Å²) in [7, 11) is 2.11. The van der Waals surface area contributed by atoms with E-state index in [2.05, 4.69) is 41.5 Å². The van der Waals surface area contributed by atoms with E-state index < -0.39 is 11.4 Å². The highest BCUT2D eigenvalue weighted by atomic mass is 16.7. The summed E-state index contributed by atoms with van der Waals surface area (Å²) in [6.45, 7) is 7.67. The van der Waals surface area contributed by atoms with Crippen molar-refractivity contribution in [3.8, 4) is 0 Å². The highest BCUT2D eigenvalue weighted by Crippen LogP contribution is 2.37. The lowest BCUT2D eigenvalue weighted by molar-refractivity contribution is -0.189. The molecule has 1 aliphatic carbocycles. The normalized spacial score (nSPS) is 24.9. The lowest BCUT2D eigenvalue weighted by Crippen LogP contribution is -2.58. The van der Waals surface area contributed by atoms with E-state index in [0.29, 0.717) is 19.6 Å². The van der Waals surface area contributed by atoms with Gasteiger partial charge in [0.1, 0.15) is 5.60 Å². The fourth-order valence-corrected chi connectivity index (χ4v) is 4.02. The van der Waals surface area contributed by atoms with Crippen LogP contribution in [0.1, 0.15) is 45.6 Å². The van der Waals surface area contributed by atoms with E-state index in [1.807, 2.05) is 26.8 Å². The van der Waals surface area contributed by atoms with Crippen LogP contribution in [-0.4, -0.2) is 54.7 Å². The summed E-state index contributed by atoms with van der Waals surface area (Å²) in [5, 5.41) is 3.08. The monoisotopic (exact) mass is 376 g/mol. The lowest BCUT2D eigenvalue weighted by atomic mass is 9.84. The van der Waals surface area contributed by atoms with Gasteiger partial charge in [0.05, 0.1) is 19.3 Å². The Bertz CT molecular complexity index is 623. The van der Waals surface area contributed by atoms with E-state index >= 15 is 0 Å². The smallest absolute Gasteiger partial charge is 0.407 e. The van der Waals surface area contributed by atoms with Crippen molar-refractivity contribution in [2.75, 3.05) is 20.3 Å². The van der Waals surface area contributed by atoms with Crippen LogP contribution in [0.15, 0.2) is 30.3 Å². The predicted molar refractivity (Wildman–Crippen MR) is 103 cm³/mol. The molecule has 1 spiro atoms. The summed E-state index contributed by atoms with van der Waals surface area (Å²) in [6.07, 6.45) is 1.98. The highest BCUT2D eigenvalue weighted by molar-refractivity contribution is 5.68. The van der Waals surface area contributed by atoms with Crippen LogP contribution >= 0.6 is 0 Å². The predicted octanol–water partition coefficient (Wildman–Crippen LogP) is 3.31. The molecule has 150 valence electrons. The first-order valence-corrected chi connectivity index (χ1v) is 9.78. The molecule has 0 unspecified atom stereocenters. The van der Waals surface area contributed by atoms with E-state index in [4.69, 9.17) is 14.2 Å². The molecule has 2 aliphatic rings. The Labute approximate surface area is 162 Å². The third kappa shape index (κ3) is 5.43. The first-order chi connectivity index (χ1) is 12.8. The molecule has 6 heteroatoms. The van der Waals surface area contributed by atoms with Gasteiger partial charge in [-0.25, -0.2) is 4.79 Å². The van der Waals surface area contributed by atoms with Gasteiger partial charge >= 0.3 is 6.09 Å². The second-order valence-corrected chi connectivity index (χ2v) is 8.57. The van der Waals surface area contributed by atoms with Gasteiger partial charge in [-0.15, -0.1) is 0 Å². The molecule has 1 aromatic carbocycles. The molecule has 1 aliphatic heterocycles. The molecule has 0 aromatic heterocycles. The molecule has 0 radical (unpaired) electrons. The molecule has 1 amide bonds. The van der Waals surface area contributed by atoms with Crippen molar-refractivity contribution in [1.82, 2.24) is 10.2 Å². The minimum Gasteiger partial charge on any atom is -0.444 e. The number of carbonyl (C=O) groups is 1. The van der Waals surface area contributed by atoms with Crippen LogP contribution in [0, 0.1) is 0 Å². The van der Waals surface area contributed by atoms with Gasteiger partial charge in [-0.05, 0) is 39.8 Å². The molecular formula is C21H32N2O4. The number of amides is 1. The van der Waals surface area contributed by atoms with Crippen LogP contribution in [0.3, 0.4) is 0 Å². The van der Waals surface area contributed by atoms with Gasteiger partial charge in [-0.2, -0.15) is 0 Å². The van der Waals surface area contributed by atoms with E-state index in [1.165, 1.54) is 5.56 Å². The third-order valence-corrected chi connectivity index (χ3v) is 5.17. The molecule has 6 nitrogen and oxygen atoms in total. The van der Waals surface area contributed by atoms with Crippen LogP contribution in [-0.2, 0) is 20.8 Å². The third-order valence-electron chi connectivity index (χ3n) is 5.17. The second-order valence-electron chi connectivity index (χ2n) is 8.57. The lowest BCUT2D eigenvalue weighted by Gasteiger charge is -2.44. The van der Waals surface area contributed by atoms with Gasteiger partial charge in [0.25, 0.3) is 0 Å². The molecule has 1 heterocycles. The van der Waals surface area contributed by atoms with Crippen LogP contribution in [0.5, 0.6) is 0 Å². The fraction of sp³-hybridized carbons (Fsp3) is 0.667. The number of alkyl carbamates (subject to hydrolysis) is 1. The van der Waals surface area contributed by atoms with Crippen molar-refractivity contribution in [3.63, 3.8) is 0 Å². The maximum atomic E-state index is 12.4. The number of hydrogen-bond acceptors (Lipinski definition) is 5. The number of nitrogens with zero attached hydrogens (tertiary/aromatic N) is 1. The number of nitrogens with one attached hydrogen (secondary N) is 1. The maximum absolute atomic E-state index is 12.4. The van der Waals surface area contributed by atoms with E-state index in [0.717, 1.165) is 19.4 Å².